The highest BCUT2D eigenvalue weighted by molar-refractivity contribution is 8.00. The number of nitrogens with one attached hydrogen (secondary N) is 1. The van der Waals surface area contributed by atoms with E-state index in [4.69, 9.17) is 4.74 Å². The van der Waals surface area contributed by atoms with Crippen LogP contribution in [0, 0.1) is 0 Å². The van der Waals surface area contributed by atoms with Crippen LogP contribution in [-0.2, 0) is 9.53 Å². The highest BCUT2D eigenvalue weighted by Crippen LogP contribution is 2.19. The zero-order valence-electron chi connectivity index (χ0n) is 12.3. The number of rotatable bonds is 6. The molecular formula is C18H15NO3S. The van der Waals surface area contributed by atoms with Gasteiger partial charge in [0.1, 0.15) is 0 Å². The topological polar surface area (TPSA) is 59.2 Å². The second kappa shape index (κ2) is 7.15. The van der Waals surface area contributed by atoms with Gasteiger partial charge in [-0.25, -0.2) is 0 Å². The van der Waals surface area contributed by atoms with E-state index in [-0.39, 0.29) is 18.1 Å². The van der Waals surface area contributed by atoms with Gasteiger partial charge in [0.05, 0.1) is 5.75 Å². The van der Waals surface area contributed by atoms with E-state index in [1.54, 1.807) is 6.20 Å². The predicted molar refractivity (Wildman–Crippen MR) is 90.8 cm³/mol. The Balaban J connectivity index is 1.53. The van der Waals surface area contributed by atoms with Crippen LogP contribution in [0.1, 0.15) is 10.4 Å². The molecule has 0 spiro atoms. The molecule has 0 fully saturated rings. The molecule has 0 aliphatic carbocycles. The van der Waals surface area contributed by atoms with E-state index in [1.165, 1.54) is 11.8 Å². The average Bonchev–Trinajstić information content (AvgIpc) is 3.03. The number of thioether (sulfide) groups is 1. The van der Waals surface area contributed by atoms with Crippen molar-refractivity contribution in [3.63, 3.8) is 0 Å². The maximum Gasteiger partial charge on any atom is 0.316 e. The minimum Gasteiger partial charge on any atom is -0.457 e. The first-order chi connectivity index (χ1) is 11.2. The highest BCUT2D eigenvalue weighted by Gasteiger charge is 2.14. The van der Waals surface area contributed by atoms with E-state index in [9.17, 15) is 9.59 Å². The van der Waals surface area contributed by atoms with Crippen LogP contribution in [0.25, 0.3) is 10.9 Å². The number of hydrogen-bond acceptors (Lipinski definition) is 4. The fourth-order valence-electron chi connectivity index (χ4n) is 2.23. The van der Waals surface area contributed by atoms with Gasteiger partial charge < -0.3 is 9.72 Å². The second-order valence-corrected chi connectivity index (χ2v) is 5.98. The number of aromatic amines is 1. The molecule has 3 rings (SSSR count). The molecule has 0 radical (unpaired) electrons. The van der Waals surface area contributed by atoms with Gasteiger partial charge in [0.2, 0.25) is 5.78 Å². The van der Waals surface area contributed by atoms with Crippen molar-refractivity contribution >= 4 is 34.4 Å². The second-order valence-electron chi connectivity index (χ2n) is 4.93. The number of ether oxygens (including phenoxy) is 1. The molecule has 1 heterocycles. The fraction of sp³-hybridized carbons (Fsp3) is 0.111. The van der Waals surface area contributed by atoms with Crippen molar-refractivity contribution in [2.75, 3.05) is 12.4 Å². The van der Waals surface area contributed by atoms with Gasteiger partial charge in [0.15, 0.2) is 6.61 Å². The van der Waals surface area contributed by atoms with Crippen molar-refractivity contribution in [2.45, 2.75) is 4.90 Å². The molecule has 0 amide bonds. The van der Waals surface area contributed by atoms with Gasteiger partial charge in [-0.2, -0.15) is 0 Å². The molecule has 1 N–H and O–H groups in total. The van der Waals surface area contributed by atoms with Crippen LogP contribution >= 0.6 is 11.8 Å². The Morgan fingerprint density at radius 3 is 2.57 bits per heavy atom. The minimum absolute atomic E-state index is 0.186. The first kappa shape index (κ1) is 15.4. The summed E-state index contributed by atoms with van der Waals surface area (Å²) in [6, 6.07) is 17.1. The van der Waals surface area contributed by atoms with Crippen molar-refractivity contribution in [1.82, 2.24) is 4.98 Å². The minimum atomic E-state index is -0.396. The number of Topliss-reactive ketones (excluding diaryl/α,β-unsaturated/α-hetero) is 1. The molecule has 5 heteroatoms. The lowest BCUT2D eigenvalue weighted by molar-refractivity contribution is -0.139. The lowest BCUT2D eigenvalue weighted by atomic mass is 10.1. The molecule has 0 saturated heterocycles. The molecule has 0 unspecified atom stereocenters. The highest BCUT2D eigenvalue weighted by atomic mass is 32.2. The Morgan fingerprint density at radius 2 is 1.74 bits per heavy atom. The summed E-state index contributed by atoms with van der Waals surface area (Å²) >= 11 is 1.39. The van der Waals surface area contributed by atoms with Gasteiger partial charge in [0, 0.05) is 27.6 Å². The first-order valence-electron chi connectivity index (χ1n) is 7.17. The number of ketones is 1. The van der Waals surface area contributed by atoms with Gasteiger partial charge in [-0.15, -0.1) is 11.8 Å². The van der Waals surface area contributed by atoms with Crippen LogP contribution in [-0.4, -0.2) is 29.1 Å². The zero-order valence-corrected chi connectivity index (χ0v) is 13.1. The van der Waals surface area contributed by atoms with E-state index < -0.39 is 5.97 Å². The van der Waals surface area contributed by atoms with Crippen molar-refractivity contribution in [1.29, 1.82) is 0 Å². The summed E-state index contributed by atoms with van der Waals surface area (Å²) in [5, 5.41) is 0.840. The Kier molecular flexibility index (Phi) is 4.78. The van der Waals surface area contributed by atoms with Gasteiger partial charge in [-0.05, 0) is 18.2 Å². The van der Waals surface area contributed by atoms with Crippen LogP contribution in [0.5, 0.6) is 0 Å². The standard InChI is InChI=1S/C18H15NO3S/c20-17(15-10-19-16-9-5-4-8-14(15)16)11-22-18(21)12-23-13-6-2-1-3-7-13/h1-10,19H,11-12H2. The maximum atomic E-state index is 12.2. The summed E-state index contributed by atoms with van der Waals surface area (Å²) in [4.78, 5) is 28.0. The SMILES string of the molecule is O=C(CSc1ccccc1)OCC(=O)c1c[nH]c2ccccc12. The molecule has 2 aromatic carbocycles. The molecule has 23 heavy (non-hydrogen) atoms. The van der Waals surface area contributed by atoms with E-state index in [1.807, 2.05) is 54.6 Å². The normalized spacial score (nSPS) is 10.6. The lowest BCUT2D eigenvalue weighted by Crippen LogP contribution is -2.15. The number of fused-ring (bicyclic) bond motifs is 1. The third-order valence-corrected chi connectivity index (χ3v) is 4.34. The summed E-state index contributed by atoms with van der Waals surface area (Å²) in [7, 11) is 0. The molecule has 1 aromatic heterocycles. The summed E-state index contributed by atoms with van der Waals surface area (Å²) < 4.78 is 5.08. The molecular weight excluding hydrogens is 310 g/mol. The van der Waals surface area contributed by atoms with Crippen LogP contribution in [0.3, 0.4) is 0 Å². The number of H-pyrrole nitrogens is 1. The Bertz CT molecular complexity index is 826. The molecule has 0 aliphatic rings. The van der Waals surface area contributed by atoms with Crippen molar-refractivity contribution in [3.8, 4) is 0 Å². The number of esters is 1. The molecule has 4 nitrogen and oxygen atoms in total. The van der Waals surface area contributed by atoms with Gasteiger partial charge >= 0.3 is 5.97 Å². The zero-order chi connectivity index (χ0) is 16.1. The van der Waals surface area contributed by atoms with Gasteiger partial charge in [-0.1, -0.05) is 36.4 Å². The largest absolute Gasteiger partial charge is 0.457 e. The first-order valence-corrected chi connectivity index (χ1v) is 8.15. The van der Waals surface area contributed by atoms with Gasteiger partial charge in [0.25, 0.3) is 0 Å². The predicted octanol–water partition coefficient (Wildman–Crippen LogP) is 3.69. The summed E-state index contributed by atoms with van der Waals surface area (Å²) in [5.74, 6) is -0.418. The number of para-hydroxylation sites is 1. The smallest absolute Gasteiger partial charge is 0.316 e. The van der Waals surface area contributed by atoms with Gasteiger partial charge in [-0.3, -0.25) is 9.59 Å². The monoisotopic (exact) mass is 325 g/mol. The van der Waals surface area contributed by atoms with Crippen LogP contribution in [0.2, 0.25) is 0 Å². The lowest BCUT2D eigenvalue weighted by Gasteiger charge is -2.04. The molecule has 0 atom stereocenters. The fourth-order valence-corrected chi connectivity index (χ4v) is 2.94. The Labute approximate surface area is 137 Å². The van der Waals surface area contributed by atoms with E-state index >= 15 is 0 Å². The van der Waals surface area contributed by atoms with Crippen LogP contribution in [0.4, 0.5) is 0 Å². The molecule has 0 aliphatic heterocycles. The number of hydrogen-bond donors (Lipinski definition) is 1. The summed E-state index contributed by atoms with van der Waals surface area (Å²) in [5.41, 5.74) is 1.44. The van der Waals surface area contributed by atoms with E-state index in [2.05, 4.69) is 4.98 Å². The molecule has 3 aromatic rings. The van der Waals surface area contributed by atoms with Crippen molar-refractivity contribution < 1.29 is 14.3 Å². The van der Waals surface area contributed by atoms with E-state index in [0.717, 1.165) is 15.8 Å². The number of carbonyl (C=O) groups excluding carboxylic acids is 2. The van der Waals surface area contributed by atoms with Crippen molar-refractivity contribution in [2.24, 2.45) is 0 Å². The van der Waals surface area contributed by atoms with Crippen molar-refractivity contribution in [3.05, 3.63) is 66.4 Å². The third-order valence-electron chi connectivity index (χ3n) is 3.35. The van der Waals surface area contributed by atoms with Crippen LogP contribution in [0.15, 0.2) is 65.7 Å². The number of carbonyl (C=O) groups is 2. The Morgan fingerprint density at radius 1 is 1.00 bits per heavy atom. The number of benzene rings is 2. The molecule has 116 valence electrons. The molecule has 0 saturated carbocycles. The quantitative estimate of drug-likeness (QED) is 0.427. The maximum absolute atomic E-state index is 12.2. The average molecular weight is 325 g/mol. The summed E-state index contributed by atoms with van der Waals surface area (Å²) in [6.07, 6.45) is 1.65. The van der Waals surface area contributed by atoms with E-state index in [0.29, 0.717) is 5.56 Å². The Hall–Kier alpha value is -2.53. The van der Waals surface area contributed by atoms with Crippen LogP contribution < -0.4 is 0 Å². The third kappa shape index (κ3) is 3.81. The molecule has 0 bridgehead atoms. The number of aromatic nitrogens is 1. The summed E-state index contributed by atoms with van der Waals surface area (Å²) in [6.45, 7) is -0.240.